The summed E-state index contributed by atoms with van der Waals surface area (Å²) in [6, 6.07) is 2.40. The number of hydrogen-bond acceptors (Lipinski definition) is 3. The van der Waals surface area contributed by atoms with E-state index in [4.69, 9.17) is 0 Å². The highest BCUT2D eigenvalue weighted by molar-refractivity contribution is 9.10. The molecule has 0 N–H and O–H groups in total. The average Bonchev–Trinajstić information content (AvgIpc) is 2.60. The highest BCUT2D eigenvalue weighted by atomic mass is 79.9. The first kappa shape index (κ1) is 14.5. The van der Waals surface area contributed by atoms with Crippen molar-refractivity contribution >= 4 is 45.1 Å². The van der Waals surface area contributed by atoms with Crippen LogP contribution in [0.3, 0.4) is 0 Å². The fraction of sp³-hybridized carbons (Fsp3) is 0.385. The molecule has 1 amide bonds. The second kappa shape index (κ2) is 6.05. The van der Waals surface area contributed by atoms with Crippen LogP contribution in [0.15, 0.2) is 16.6 Å². The molecular formula is C13H13BrFNO2S. The Balaban J connectivity index is 2.23. The van der Waals surface area contributed by atoms with E-state index in [1.165, 1.54) is 11.0 Å². The molecule has 1 heterocycles. The van der Waals surface area contributed by atoms with Gasteiger partial charge in [0.15, 0.2) is 0 Å². The Morgan fingerprint density at radius 1 is 1.37 bits per heavy atom. The first-order valence-corrected chi connectivity index (χ1v) is 7.94. The molecular weight excluding hydrogens is 333 g/mol. The second-order valence-electron chi connectivity index (χ2n) is 4.12. The largest absolute Gasteiger partial charge is 0.304 e. The van der Waals surface area contributed by atoms with Crippen LogP contribution in [0, 0.1) is 5.82 Å². The summed E-state index contributed by atoms with van der Waals surface area (Å²) in [6.07, 6.45) is 0.806. The molecule has 102 valence electrons. The van der Waals surface area contributed by atoms with Crippen molar-refractivity contribution in [2.24, 2.45) is 0 Å². The summed E-state index contributed by atoms with van der Waals surface area (Å²) in [5.74, 6) is 0.248. The van der Waals surface area contributed by atoms with E-state index in [0.717, 1.165) is 24.0 Å². The first-order chi connectivity index (χ1) is 9.06. The van der Waals surface area contributed by atoms with Gasteiger partial charge in [-0.15, -0.1) is 0 Å². The van der Waals surface area contributed by atoms with Crippen LogP contribution in [0.2, 0.25) is 0 Å². The minimum atomic E-state index is -0.627. The van der Waals surface area contributed by atoms with Crippen molar-refractivity contribution in [1.82, 2.24) is 0 Å². The molecule has 1 aromatic rings. The van der Waals surface area contributed by atoms with Gasteiger partial charge in [0, 0.05) is 11.0 Å². The summed E-state index contributed by atoms with van der Waals surface area (Å²) in [7, 11) is 0. The molecule has 0 saturated heterocycles. The summed E-state index contributed by atoms with van der Waals surface area (Å²) < 4.78 is 13.7. The maximum absolute atomic E-state index is 13.3. The molecule has 0 radical (unpaired) electrons. The van der Waals surface area contributed by atoms with E-state index >= 15 is 0 Å². The van der Waals surface area contributed by atoms with Crippen molar-refractivity contribution in [3.05, 3.63) is 28.0 Å². The molecule has 0 aliphatic carbocycles. The number of ketones is 1. The molecule has 1 aromatic carbocycles. The van der Waals surface area contributed by atoms with Gasteiger partial charge in [0.1, 0.15) is 5.82 Å². The monoisotopic (exact) mass is 345 g/mol. The molecule has 19 heavy (non-hydrogen) atoms. The minimum Gasteiger partial charge on any atom is -0.304 e. The van der Waals surface area contributed by atoms with E-state index in [2.05, 4.69) is 22.9 Å². The average molecular weight is 346 g/mol. The van der Waals surface area contributed by atoms with Crippen LogP contribution in [0.1, 0.15) is 23.7 Å². The van der Waals surface area contributed by atoms with Crippen LogP contribution in [-0.2, 0) is 4.79 Å². The van der Waals surface area contributed by atoms with Gasteiger partial charge in [0.25, 0.3) is 11.7 Å². The zero-order valence-electron chi connectivity index (χ0n) is 10.4. The minimum absolute atomic E-state index is 0.153. The number of carbonyl (C=O) groups is 2. The van der Waals surface area contributed by atoms with Crippen LogP contribution in [0.5, 0.6) is 0 Å². The van der Waals surface area contributed by atoms with Crippen LogP contribution in [0.4, 0.5) is 10.1 Å². The highest BCUT2D eigenvalue weighted by Gasteiger charge is 2.37. The molecule has 3 nitrogen and oxygen atoms in total. The van der Waals surface area contributed by atoms with Gasteiger partial charge in [-0.2, -0.15) is 11.8 Å². The summed E-state index contributed by atoms with van der Waals surface area (Å²) in [5, 5.41) is 0. The molecule has 0 spiro atoms. The van der Waals surface area contributed by atoms with Crippen LogP contribution < -0.4 is 4.90 Å². The number of fused-ring (bicyclic) bond motifs is 1. The smallest absolute Gasteiger partial charge is 0.299 e. The molecule has 0 bridgehead atoms. The second-order valence-corrected chi connectivity index (χ2v) is 6.37. The third-order valence-corrected chi connectivity index (χ3v) is 4.45. The fourth-order valence-corrected chi connectivity index (χ4v) is 3.30. The van der Waals surface area contributed by atoms with E-state index in [1.54, 1.807) is 11.8 Å². The lowest BCUT2D eigenvalue weighted by Crippen LogP contribution is -2.31. The molecule has 1 aliphatic rings. The zero-order valence-corrected chi connectivity index (χ0v) is 12.8. The Kier molecular flexibility index (Phi) is 4.62. The van der Waals surface area contributed by atoms with Gasteiger partial charge in [-0.1, -0.05) is 6.92 Å². The molecule has 6 heteroatoms. The summed E-state index contributed by atoms with van der Waals surface area (Å²) in [4.78, 5) is 25.2. The van der Waals surface area contributed by atoms with Gasteiger partial charge in [-0.05, 0) is 46.0 Å². The van der Waals surface area contributed by atoms with Gasteiger partial charge in [0.2, 0.25) is 0 Å². The molecule has 0 atom stereocenters. The van der Waals surface area contributed by atoms with Gasteiger partial charge >= 0.3 is 0 Å². The molecule has 0 aromatic heterocycles. The number of rotatable bonds is 5. The van der Waals surface area contributed by atoms with Crippen molar-refractivity contribution in [3.63, 3.8) is 0 Å². The summed E-state index contributed by atoms with van der Waals surface area (Å²) in [6.45, 7) is 2.55. The highest BCUT2D eigenvalue weighted by Crippen LogP contribution is 2.37. The van der Waals surface area contributed by atoms with E-state index in [1.807, 2.05) is 0 Å². The number of carbonyl (C=O) groups excluding carboxylic acids is 2. The zero-order chi connectivity index (χ0) is 14.0. The van der Waals surface area contributed by atoms with Crippen molar-refractivity contribution in [3.8, 4) is 0 Å². The van der Waals surface area contributed by atoms with Gasteiger partial charge in [-0.3, -0.25) is 9.59 Å². The SMILES string of the molecule is CCSCCCN1C(=O)C(=O)c2cc(F)cc(Br)c21. The number of benzene rings is 1. The van der Waals surface area contributed by atoms with Crippen molar-refractivity contribution in [2.75, 3.05) is 23.0 Å². The number of Topliss-reactive ketones (excluding diaryl/α,β-unsaturated/α-hetero) is 1. The molecule has 0 unspecified atom stereocenters. The number of halogens is 2. The fourth-order valence-electron chi connectivity index (χ4n) is 2.04. The van der Waals surface area contributed by atoms with E-state index in [-0.39, 0.29) is 5.56 Å². The Morgan fingerprint density at radius 2 is 2.11 bits per heavy atom. The predicted molar refractivity (Wildman–Crippen MR) is 78.4 cm³/mol. The van der Waals surface area contributed by atoms with Gasteiger partial charge in [-0.25, -0.2) is 4.39 Å². The van der Waals surface area contributed by atoms with Crippen molar-refractivity contribution in [1.29, 1.82) is 0 Å². The van der Waals surface area contributed by atoms with Crippen molar-refractivity contribution in [2.45, 2.75) is 13.3 Å². The normalized spacial score (nSPS) is 14.2. The maximum Gasteiger partial charge on any atom is 0.299 e. The quantitative estimate of drug-likeness (QED) is 0.607. The number of hydrogen-bond donors (Lipinski definition) is 0. The Morgan fingerprint density at radius 3 is 2.79 bits per heavy atom. The van der Waals surface area contributed by atoms with Crippen LogP contribution in [-0.4, -0.2) is 29.7 Å². The Bertz CT molecular complexity index is 536. The van der Waals surface area contributed by atoms with E-state index in [0.29, 0.717) is 16.7 Å². The number of thioether (sulfide) groups is 1. The Labute approximate surface area is 123 Å². The third-order valence-electron chi connectivity index (χ3n) is 2.86. The van der Waals surface area contributed by atoms with E-state index in [9.17, 15) is 14.0 Å². The van der Waals surface area contributed by atoms with Crippen LogP contribution >= 0.6 is 27.7 Å². The lowest BCUT2D eigenvalue weighted by Gasteiger charge is -2.17. The maximum atomic E-state index is 13.3. The number of amides is 1. The summed E-state index contributed by atoms with van der Waals surface area (Å²) >= 11 is 5.01. The standard InChI is InChI=1S/C13H13BrFNO2S/c1-2-19-5-3-4-16-11-9(12(17)13(16)18)6-8(15)7-10(11)14/h6-7H,2-5H2,1H3. The Hall–Kier alpha value is -0.880. The lowest BCUT2D eigenvalue weighted by molar-refractivity contribution is -0.114. The molecule has 0 fully saturated rings. The number of nitrogens with zero attached hydrogens (tertiary/aromatic N) is 1. The van der Waals surface area contributed by atoms with Crippen LogP contribution in [0.25, 0.3) is 0 Å². The molecule has 1 aliphatic heterocycles. The number of anilines is 1. The first-order valence-electron chi connectivity index (χ1n) is 5.99. The van der Waals surface area contributed by atoms with Gasteiger partial charge < -0.3 is 4.90 Å². The predicted octanol–water partition coefficient (Wildman–Crippen LogP) is 3.26. The third kappa shape index (κ3) is 2.84. The molecule has 2 rings (SSSR count). The van der Waals surface area contributed by atoms with Gasteiger partial charge in [0.05, 0.1) is 11.3 Å². The van der Waals surface area contributed by atoms with Crippen molar-refractivity contribution < 1.29 is 14.0 Å². The van der Waals surface area contributed by atoms with E-state index < -0.39 is 17.5 Å². The summed E-state index contributed by atoms with van der Waals surface area (Å²) in [5.41, 5.74) is 0.651. The topological polar surface area (TPSA) is 37.4 Å². The molecule has 0 saturated carbocycles. The lowest BCUT2D eigenvalue weighted by atomic mass is 10.1.